The van der Waals surface area contributed by atoms with Crippen LogP contribution in [-0.4, -0.2) is 96.7 Å². The average molecular weight is 1420 g/mol. The first-order chi connectivity index (χ1) is 47.1. The van der Waals surface area contributed by atoms with Crippen molar-refractivity contribution in [2.75, 3.05) is 39.6 Å². The molecule has 17 nitrogen and oxygen atoms in total. The van der Waals surface area contributed by atoms with Gasteiger partial charge in [-0.3, -0.25) is 37.3 Å². The fourth-order valence-corrected chi connectivity index (χ4v) is 13.6. The third-order valence-corrected chi connectivity index (χ3v) is 20.5. The van der Waals surface area contributed by atoms with Crippen LogP contribution in [0.25, 0.3) is 0 Å². The van der Waals surface area contributed by atoms with Gasteiger partial charge in [0.2, 0.25) is 0 Å². The summed E-state index contributed by atoms with van der Waals surface area (Å²) in [6.07, 6.45) is 60.9. The maximum atomic E-state index is 13.1. The van der Waals surface area contributed by atoms with Crippen molar-refractivity contribution in [1.29, 1.82) is 0 Å². The zero-order valence-corrected chi connectivity index (χ0v) is 65.0. The molecule has 0 aliphatic heterocycles. The average Bonchev–Trinajstić information content (AvgIpc) is 1.50. The van der Waals surface area contributed by atoms with Crippen LogP contribution in [0.15, 0.2) is 0 Å². The summed E-state index contributed by atoms with van der Waals surface area (Å²) in [6.45, 7) is 7.32. The lowest BCUT2D eigenvalue weighted by Crippen LogP contribution is -2.30. The fourth-order valence-electron chi connectivity index (χ4n) is 12.0. The second-order valence-corrected chi connectivity index (χ2v) is 31.3. The topological polar surface area (TPSA) is 237 Å². The SMILES string of the molecule is CCCCCCCCCCCCCCCCCCCCCC(=O)O[C@H](COC(=O)CCCCCCCCCCCCCCCCC)COP(=O)(O)OC[C@@H](O)COP(=O)(O)OC[C@@H](COC(=O)CCCCCCCCCCC)OC(=O)CCCCCCCCCCCCC(C)CC. The summed E-state index contributed by atoms with van der Waals surface area (Å²) in [4.78, 5) is 72.9. The summed E-state index contributed by atoms with van der Waals surface area (Å²) in [5.41, 5.74) is 0. The van der Waals surface area contributed by atoms with E-state index >= 15 is 0 Å². The van der Waals surface area contributed by atoms with Crippen molar-refractivity contribution in [2.24, 2.45) is 5.92 Å². The molecule has 0 rings (SSSR count). The van der Waals surface area contributed by atoms with Crippen molar-refractivity contribution in [2.45, 2.75) is 432 Å². The molecule has 97 heavy (non-hydrogen) atoms. The molecule has 0 aliphatic rings. The van der Waals surface area contributed by atoms with Gasteiger partial charge in [-0.15, -0.1) is 0 Å². The van der Waals surface area contributed by atoms with E-state index in [-0.39, 0.29) is 25.7 Å². The lowest BCUT2D eigenvalue weighted by atomic mass is 9.99. The van der Waals surface area contributed by atoms with Gasteiger partial charge in [-0.25, -0.2) is 9.13 Å². The summed E-state index contributed by atoms with van der Waals surface area (Å²) in [7, 11) is -9.91. The standard InChI is InChI=1S/C78H152O17P2/c1-6-10-13-16-19-22-24-26-28-29-30-31-33-35-37-43-48-53-58-63-77(82)94-74(68-89-76(81)62-57-52-47-42-36-34-32-27-25-23-20-17-14-11-7-2)70-93-97(86,87)91-66-72(79)65-90-96(84,85)92-69-73(67-88-75(80)61-56-51-46-40-21-18-15-12-8-3)95-78(83)64-59-54-49-44-39-38-41-45-50-55-60-71(5)9-4/h71-74,79H,6-70H2,1-5H3,(H,84,85)(H,86,87)/t71?,72-,73+,74+/m0/s1. The van der Waals surface area contributed by atoms with Gasteiger partial charge in [0.25, 0.3) is 0 Å². The molecule has 0 aromatic heterocycles. The van der Waals surface area contributed by atoms with Crippen molar-refractivity contribution in [1.82, 2.24) is 0 Å². The molecule has 0 spiro atoms. The molecule has 0 fully saturated rings. The number of hydrogen-bond donors (Lipinski definition) is 3. The molecule has 0 heterocycles. The summed E-state index contributed by atoms with van der Waals surface area (Å²) < 4.78 is 68.6. The third-order valence-electron chi connectivity index (χ3n) is 18.6. The molecule has 3 N–H and O–H groups in total. The molecule has 6 atom stereocenters. The first-order valence-electron chi connectivity index (χ1n) is 40.7. The number of phosphoric acid groups is 2. The minimum atomic E-state index is -4.96. The van der Waals surface area contributed by atoms with E-state index in [0.717, 1.165) is 95.8 Å². The largest absolute Gasteiger partial charge is 0.472 e. The Kier molecular flexibility index (Phi) is 69.6. The molecule has 0 saturated carbocycles. The van der Waals surface area contributed by atoms with Gasteiger partial charge in [-0.2, -0.15) is 0 Å². The number of aliphatic hydroxyl groups is 1. The van der Waals surface area contributed by atoms with Crippen molar-refractivity contribution >= 4 is 39.5 Å². The van der Waals surface area contributed by atoms with Crippen LogP contribution in [0.2, 0.25) is 0 Å². The first kappa shape index (κ1) is 95.1. The van der Waals surface area contributed by atoms with Crippen molar-refractivity contribution in [3.05, 3.63) is 0 Å². The Bertz CT molecular complexity index is 1860. The first-order valence-corrected chi connectivity index (χ1v) is 43.7. The van der Waals surface area contributed by atoms with Crippen LogP contribution in [0, 0.1) is 5.92 Å². The summed E-state index contributed by atoms with van der Waals surface area (Å²) in [6, 6.07) is 0. The van der Waals surface area contributed by atoms with E-state index < -0.39 is 97.5 Å². The monoisotopic (exact) mass is 1420 g/mol. The zero-order valence-electron chi connectivity index (χ0n) is 63.2. The molecule has 0 radical (unpaired) electrons. The molecule has 0 aromatic carbocycles. The molecule has 0 bridgehead atoms. The van der Waals surface area contributed by atoms with E-state index in [2.05, 4.69) is 34.6 Å². The Morgan fingerprint density at radius 3 is 0.732 bits per heavy atom. The molecule has 0 aliphatic carbocycles. The van der Waals surface area contributed by atoms with Crippen LogP contribution in [0.3, 0.4) is 0 Å². The molecule has 3 unspecified atom stereocenters. The van der Waals surface area contributed by atoms with Crippen LogP contribution in [0.4, 0.5) is 0 Å². The third kappa shape index (κ3) is 70.9. The highest BCUT2D eigenvalue weighted by Gasteiger charge is 2.30. The summed E-state index contributed by atoms with van der Waals surface area (Å²) in [5, 5.41) is 10.6. The molecule has 0 aromatic rings. The Labute approximate surface area is 594 Å². The van der Waals surface area contributed by atoms with E-state index in [1.807, 2.05) is 0 Å². The molecule has 19 heteroatoms. The van der Waals surface area contributed by atoms with E-state index in [1.54, 1.807) is 0 Å². The number of ether oxygens (including phenoxy) is 4. The van der Waals surface area contributed by atoms with Gasteiger partial charge in [-0.05, 0) is 31.6 Å². The summed E-state index contributed by atoms with van der Waals surface area (Å²) in [5.74, 6) is -1.31. The Morgan fingerprint density at radius 1 is 0.289 bits per heavy atom. The van der Waals surface area contributed by atoms with Gasteiger partial charge in [0.1, 0.15) is 19.3 Å². The van der Waals surface area contributed by atoms with Crippen LogP contribution in [0.5, 0.6) is 0 Å². The highest BCUT2D eigenvalue weighted by molar-refractivity contribution is 7.47. The van der Waals surface area contributed by atoms with Gasteiger partial charge in [0.15, 0.2) is 12.2 Å². The molecule has 0 saturated heterocycles. The smallest absolute Gasteiger partial charge is 0.462 e. The number of unbranched alkanes of at least 4 members (excludes halogenated alkanes) is 49. The van der Waals surface area contributed by atoms with Crippen LogP contribution >= 0.6 is 15.6 Å². The maximum absolute atomic E-state index is 13.1. The van der Waals surface area contributed by atoms with Gasteiger partial charge >= 0.3 is 39.5 Å². The van der Waals surface area contributed by atoms with Crippen molar-refractivity contribution in [3.8, 4) is 0 Å². The normalized spacial score (nSPS) is 14.2. The van der Waals surface area contributed by atoms with Crippen LogP contribution in [0.1, 0.15) is 413 Å². The predicted octanol–water partition coefficient (Wildman–Crippen LogP) is 23.3. The molecular formula is C78H152O17P2. The second-order valence-electron chi connectivity index (χ2n) is 28.3. The number of carbonyl (C=O) groups excluding carboxylic acids is 4. The van der Waals surface area contributed by atoms with Crippen molar-refractivity contribution < 1.29 is 80.2 Å². The van der Waals surface area contributed by atoms with Crippen molar-refractivity contribution in [3.63, 3.8) is 0 Å². The van der Waals surface area contributed by atoms with Gasteiger partial charge in [-0.1, -0.05) is 362 Å². The Morgan fingerprint density at radius 2 is 0.495 bits per heavy atom. The maximum Gasteiger partial charge on any atom is 0.472 e. The molecular weight excluding hydrogens is 1270 g/mol. The molecule has 0 amide bonds. The van der Waals surface area contributed by atoms with Crippen LogP contribution in [-0.2, 0) is 65.4 Å². The lowest BCUT2D eigenvalue weighted by molar-refractivity contribution is -0.161. The number of aliphatic hydroxyl groups excluding tert-OH is 1. The number of esters is 4. The van der Waals surface area contributed by atoms with Gasteiger partial charge in [0.05, 0.1) is 26.4 Å². The Hall–Kier alpha value is -1.94. The lowest BCUT2D eigenvalue weighted by Gasteiger charge is -2.21. The number of rotatable bonds is 78. The molecule has 576 valence electrons. The fraction of sp³-hybridized carbons (Fsp3) is 0.949. The number of hydrogen-bond acceptors (Lipinski definition) is 15. The van der Waals surface area contributed by atoms with Gasteiger partial charge in [0, 0.05) is 25.7 Å². The minimum absolute atomic E-state index is 0.107. The van der Waals surface area contributed by atoms with E-state index in [4.69, 9.17) is 37.0 Å². The van der Waals surface area contributed by atoms with E-state index in [1.165, 1.54) is 238 Å². The highest BCUT2D eigenvalue weighted by Crippen LogP contribution is 2.45. The second kappa shape index (κ2) is 71.1. The minimum Gasteiger partial charge on any atom is -0.462 e. The van der Waals surface area contributed by atoms with E-state index in [0.29, 0.717) is 25.7 Å². The van der Waals surface area contributed by atoms with Gasteiger partial charge < -0.3 is 33.8 Å². The predicted molar refractivity (Wildman–Crippen MR) is 395 cm³/mol. The number of carbonyl (C=O) groups is 4. The Balaban J connectivity index is 5.22. The highest BCUT2D eigenvalue weighted by atomic mass is 31.2. The summed E-state index contributed by atoms with van der Waals surface area (Å²) >= 11 is 0. The van der Waals surface area contributed by atoms with Crippen LogP contribution < -0.4 is 0 Å². The quantitative estimate of drug-likeness (QED) is 0.0222. The zero-order chi connectivity index (χ0) is 71.2. The number of phosphoric ester groups is 2. The van der Waals surface area contributed by atoms with E-state index in [9.17, 15) is 43.2 Å².